The van der Waals surface area contributed by atoms with Crippen LogP contribution in [0.1, 0.15) is 35.8 Å². The molecule has 6 heteroatoms. The van der Waals surface area contributed by atoms with Crippen LogP contribution in [0.25, 0.3) is 0 Å². The lowest BCUT2D eigenvalue weighted by Crippen LogP contribution is -2.11. The van der Waals surface area contributed by atoms with Crippen molar-refractivity contribution in [2.24, 2.45) is 0 Å². The van der Waals surface area contributed by atoms with E-state index in [-0.39, 0.29) is 5.91 Å². The number of benzene rings is 1. The zero-order valence-electron chi connectivity index (χ0n) is 10.4. The SMILES string of the molecule is CC(C)c1csc(NC(=O)c2cc(Cl)cc(Br)c2)n1. The second-order valence-corrected chi connectivity index (χ2v) is 6.55. The van der Waals surface area contributed by atoms with Gasteiger partial charge in [0.2, 0.25) is 0 Å². The van der Waals surface area contributed by atoms with E-state index in [4.69, 9.17) is 11.6 Å². The summed E-state index contributed by atoms with van der Waals surface area (Å²) in [5, 5.41) is 5.85. The molecule has 3 nitrogen and oxygen atoms in total. The van der Waals surface area contributed by atoms with Crippen molar-refractivity contribution in [1.82, 2.24) is 4.98 Å². The predicted octanol–water partition coefficient (Wildman–Crippen LogP) is 4.93. The Hall–Kier alpha value is -0.910. The molecule has 0 radical (unpaired) electrons. The van der Waals surface area contributed by atoms with E-state index in [0.29, 0.717) is 21.6 Å². The molecule has 19 heavy (non-hydrogen) atoms. The van der Waals surface area contributed by atoms with Gasteiger partial charge in [-0.05, 0) is 24.1 Å². The zero-order valence-corrected chi connectivity index (χ0v) is 13.6. The highest BCUT2D eigenvalue weighted by molar-refractivity contribution is 9.10. The molecule has 1 aromatic heterocycles. The van der Waals surface area contributed by atoms with Gasteiger partial charge in [-0.2, -0.15) is 0 Å². The average molecular weight is 360 g/mol. The number of aromatic nitrogens is 1. The molecule has 100 valence electrons. The van der Waals surface area contributed by atoms with Crippen molar-refractivity contribution >= 4 is 49.9 Å². The molecule has 0 fully saturated rings. The van der Waals surface area contributed by atoms with Gasteiger partial charge in [0, 0.05) is 20.4 Å². The van der Waals surface area contributed by atoms with E-state index in [9.17, 15) is 4.79 Å². The Morgan fingerprint density at radius 3 is 2.74 bits per heavy atom. The Labute approximate surface area is 129 Å². The first-order valence-electron chi connectivity index (χ1n) is 5.68. The summed E-state index contributed by atoms with van der Waals surface area (Å²) in [6, 6.07) is 5.08. The second kappa shape index (κ2) is 6.03. The van der Waals surface area contributed by atoms with Gasteiger partial charge in [0.1, 0.15) is 0 Å². The van der Waals surface area contributed by atoms with Gasteiger partial charge in [-0.25, -0.2) is 4.98 Å². The summed E-state index contributed by atoms with van der Waals surface area (Å²) in [7, 11) is 0. The van der Waals surface area contributed by atoms with Crippen molar-refractivity contribution < 1.29 is 4.79 Å². The highest BCUT2D eigenvalue weighted by atomic mass is 79.9. The largest absolute Gasteiger partial charge is 0.298 e. The molecule has 0 spiro atoms. The van der Waals surface area contributed by atoms with Crippen LogP contribution < -0.4 is 5.32 Å². The monoisotopic (exact) mass is 358 g/mol. The molecule has 1 aromatic carbocycles. The topological polar surface area (TPSA) is 42.0 Å². The number of carbonyl (C=O) groups excluding carboxylic acids is 1. The third-order valence-corrected chi connectivity index (χ3v) is 3.91. The van der Waals surface area contributed by atoms with Gasteiger partial charge in [0.25, 0.3) is 5.91 Å². The number of hydrogen-bond donors (Lipinski definition) is 1. The van der Waals surface area contributed by atoms with Crippen LogP contribution in [0.3, 0.4) is 0 Å². The maximum absolute atomic E-state index is 12.1. The van der Waals surface area contributed by atoms with Crippen LogP contribution in [0.15, 0.2) is 28.1 Å². The molecular formula is C13H12BrClN2OS. The molecule has 2 rings (SSSR count). The van der Waals surface area contributed by atoms with Gasteiger partial charge < -0.3 is 0 Å². The molecule has 0 bridgehead atoms. The molecule has 2 aromatic rings. The van der Waals surface area contributed by atoms with Crippen LogP contribution in [0.5, 0.6) is 0 Å². The van der Waals surface area contributed by atoms with E-state index in [2.05, 4.69) is 40.1 Å². The minimum absolute atomic E-state index is 0.215. The first kappa shape index (κ1) is 14.5. The Bertz CT molecular complexity index is 592. The van der Waals surface area contributed by atoms with Crippen LogP contribution in [0, 0.1) is 0 Å². The molecule has 0 saturated carbocycles. The number of rotatable bonds is 3. The normalized spacial score (nSPS) is 10.8. The summed E-state index contributed by atoms with van der Waals surface area (Å²) in [6.07, 6.45) is 0. The summed E-state index contributed by atoms with van der Waals surface area (Å²) in [5.41, 5.74) is 1.48. The smallest absolute Gasteiger partial charge is 0.257 e. The lowest BCUT2D eigenvalue weighted by atomic mass is 10.2. The van der Waals surface area contributed by atoms with Gasteiger partial charge in [0.05, 0.1) is 5.69 Å². The number of nitrogens with zero attached hydrogens (tertiary/aromatic N) is 1. The zero-order chi connectivity index (χ0) is 14.0. The lowest BCUT2D eigenvalue weighted by Gasteiger charge is -2.03. The highest BCUT2D eigenvalue weighted by Gasteiger charge is 2.11. The van der Waals surface area contributed by atoms with Gasteiger partial charge in [-0.3, -0.25) is 10.1 Å². The molecule has 0 aliphatic heterocycles. The predicted molar refractivity (Wildman–Crippen MR) is 83.3 cm³/mol. The number of nitrogens with one attached hydrogen (secondary N) is 1. The molecule has 0 unspecified atom stereocenters. The van der Waals surface area contributed by atoms with Crippen molar-refractivity contribution in [1.29, 1.82) is 0 Å². The maximum atomic E-state index is 12.1. The van der Waals surface area contributed by atoms with Crippen molar-refractivity contribution in [2.75, 3.05) is 5.32 Å². The minimum atomic E-state index is -0.215. The quantitative estimate of drug-likeness (QED) is 0.844. The van der Waals surface area contributed by atoms with E-state index in [1.165, 1.54) is 11.3 Å². The summed E-state index contributed by atoms with van der Waals surface area (Å²) in [6.45, 7) is 4.13. The first-order valence-corrected chi connectivity index (χ1v) is 7.73. The van der Waals surface area contributed by atoms with Gasteiger partial charge in [0.15, 0.2) is 5.13 Å². The van der Waals surface area contributed by atoms with Crippen LogP contribution >= 0.6 is 38.9 Å². The van der Waals surface area contributed by atoms with Crippen molar-refractivity contribution in [3.8, 4) is 0 Å². The third kappa shape index (κ3) is 3.78. The molecule has 0 atom stereocenters. The molecule has 0 aliphatic carbocycles. The summed E-state index contributed by atoms with van der Waals surface area (Å²) >= 11 is 10.7. The van der Waals surface area contributed by atoms with Crippen LogP contribution in [0.2, 0.25) is 5.02 Å². The van der Waals surface area contributed by atoms with Crippen molar-refractivity contribution in [3.63, 3.8) is 0 Å². The van der Waals surface area contributed by atoms with E-state index in [1.54, 1.807) is 18.2 Å². The van der Waals surface area contributed by atoms with E-state index in [0.717, 1.165) is 10.2 Å². The van der Waals surface area contributed by atoms with Crippen molar-refractivity contribution in [3.05, 3.63) is 44.3 Å². The Morgan fingerprint density at radius 1 is 1.42 bits per heavy atom. The number of anilines is 1. The fourth-order valence-corrected chi connectivity index (χ4v) is 3.19. The van der Waals surface area contributed by atoms with Crippen LogP contribution in [-0.2, 0) is 0 Å². The number of amides is 1. The molecular weight excluding hydrogens is 348 g/mol. The Kier molecular flexibility index (Phi) is 4.60. The van der Waals surface area contributed by atoms with E-state index in [1.807, 2.05) is 5.38 Å². The minimum Gasteiger partial charge on any atom is -0.298 e. The van der Waals surface area contributed by atoms with E-state index >= 15 is 0 Å². The maximum Gasteiger partial charge on any atom is 0.257 e. The standard InChI is InChI=1S/C13H12BrClN2OS/c1-7(2)11-6-19-13(16-11)17-12(18)8-3-9(14)5-10(15)4-8/h3-7H,1-2H3,(H,16,17,18). The summed E-state index contributed by atoms with van der Waals surface area (Å²) in [5.74, 6) is 0.134. The molecule has 0 saturated heterocycles. The van der Waals surface area contributed by atoms with Gasteiger partial charge >= 0.3 is 0 Å². The number of carbonyl (C=O) groups is 1. The Balaban J connectivity index is 2.15. The fourth-order valence-electron chi connectivity index (χ4n) is 1.46. The molecule has 1 heterocycles. The summed E-state index contributed by atoms with van der Waals surface area (Å²) < 4.78 is 0.771. The summed E-state index contributed by atoms with van der Waals surface area (Å²) in [4.78, 5) is 16.4. The number of thiazole rings is 1. The molecule has 0 aliphatic rings. The first-order chi connectivity index (χ1) is 8.95. The highest BCUT2D eigenvalue weighted by Crippen LogP contribution is 2.23. The number of hydrogen-bond acceptors (Lipinski definition) is 3. The molecule has 1 N–H and O–H groups in total. The second-order valence-electron chi connectivity index (χ2n) is 4.34. The Morgan fingerprint density at radius 2 is 2.16 bits per heavy atom. The van der Waals surface area contributed by atoms with Gasteiger partial charge in [-0.1, -0.05) is 41.4 Å². The fraction of sp³-hybridized carbons (Fsp3) is 0.231. The molecule has 1 amide bonds. The van der Waals surface area contributed by atoms with Crippen LogP contribution in [-0.4, -0.2) is 10.9 Å². The van der Waals surface area contributed by atoms with E-state index < -0.39 is 0 Å². The van der Waals surface area contributed by atoms with Crippen LogP contribution in [0.4, 0.5) is 5.13 Å². The van der Waals surface area contributed by atoms with Gasteiger partial charge in [-0.15, -0.1) is 11.3 Å². The average Bonchev–Trinajstić information content (AvgIpc) is 2.76. The lowest BCUT2D eigenvalue weighted by molar-refractivity contribution is 0.102. The van der Waals surface area contributed by atoms with Crippen molar-refractivity contribution in [2.45, 2.75) is 19.8 Å². The number of halogens is 2. The third-order valence-electron chi connectivity index (χ3n) is 2.46.